The van der Waals surface area contributed by atoms with Gasteiger partial charge in [-0.05, 0) is 17.7 Å². The lowest BCUT2D eigenvalue weighted by molar-refractivity contribution is -0.176. The van der Waals surface area contributed by atoms with Crippen LogP contribution in [0.2, 0.25) is 0 Å². The van der Waals surface area contributed by atoms with Crippen LogP contribution in [0.15, 0.2) is 48.6 Å². The van der Waals surface area contributed by atoms with Crippen molar-refractivity contribution in [1.82, 2.24) is 0 Å². The quantitative estimate of drug-likeness (QED) is 0.565. The molecule has 1 unspecified atom stereocenters. The summed E-state index contributed by atoms with van der Waals surface area (Å²) in [5.41, 5.74) is 0.665. The van der Waals surface area contributed by atoms with Crippen molar-refractivity contribution in [3.63, 3.8) is 0 Å². The lowest BCUT2D eigenvalue weighted by atomic mass is 9.82. The van der Waals surface area contributed by atoms with Crippen LogP contribution >= 0.6 is 0 Å². The van der Waals surface area contributed by atoms with E-state index in [0.717, 1.165) is 17.4 Å². The van der Waals surface area contributed by atoms with Gasteiger partial charge in [0.05, 0.1) is 13.2 Å². The Balaban J connectivity index is 2.88. The van der Waals surface area contributed by atoms with Crippen LogP contribution in [0.3, 0.4) is 0 Å². The molecule has 1 aromatic rings. The summed E-state index contributed by atoms with van der Waals surface area (Å²) in [6.45, 7) is 4.01. The zero-order valence-corrected chi connectivity index (χ0v) is 13.2. The average Bonchev–Trinajstić information content (AvgIpc) is 2.52. The van der Waals surface area contributed by atoms with E-state index in [9.17, 15) is 9.32 Å². The van der Waals surface area contributed by atoms with Crippen molar-refractivity contribution in [2.75, 3.05) is 14.2 Å². The lowest BCUT2D eigenvalue weighted by Crippen LogP contribution is -2.21. The highest BCUT2D eigenvalue weighted by Gasteiger charge is 2.28. The third-order valence-electron chi connectivity index (χ3n) is 3.28. The first-order valence-corrected chi connectivity index (χ1v) is 6.79. The summed E-state index contributed by atoms with van der Waals surface area (Å²) in [6.07, 6.45) is 5.78. The molecule has 0 saturated carbocycles. The summed E-state index contributed by atoms with van der Waals surface area (Å²) in [5.74, 6) is -0.263. The molecule has 0 amide bonds. The summed E-state index contributed by atoms with van der Waals surface area (Å²) in [4.78, 5) is 13.7. The molecule has 120 valence electrons. The van der Waals surface area contributed by atoms with Crippen LogP contribution in [0.1, 0.15) is 25.5 Å². The van der Waals surface area contributed by atoms with Gasteiger partial charge in [-0.1, -0.05) is 44.2 Å². The molecule has 1 rings (SSSR count). The standard InChI is InChI=1S/C17H21FO4/c1-17(2,12-6-5-7-15(19)22-18)16(21-4)13-8-10-14(20-3)11-9-13/h5-12,16H,1-4H3/b7-5+,12-6+. The Morgan fingerprint density at radius 2 is 1.82 bits per heavy atom. The van der Waals surface area contributed by atoms with E-state index < -0.39 is 5.97 Å². The molecule has 0 N–H and O–H groups in total. The molecular weight excluding hydrogens is 287 g/mol. The van der Waals surface area contributed by atoms with Crippen LogP contribution in [-0.2, 0) is 14.5 Å². The topological polar surface area (TPSA) is 44.8 Å². The molecule has 1 atom stereocenters. The Bertz CT molecular complexity index is 532. The summed E-state index contributed by atoms with van der Waals surface area (Å²) in [5, 5.41) is 0. The van der Waals surface area contributed by atoms with Crippen molar-refractivity contribution in [1.29, 1.82) is 0 Å². The fourth-order valence-corrected chi connectivity index (χ4v) is 2.20. The van der Waals surface area contributed by atoms with Crippen molar-refractivity contribution in [2.45, 2.75) is 20.0 Å². The molecule has 0 heterocycles. The van der Waals surface area contributed by atoms with Crippen LogP contribution in [0.5, 0.6) is 5.75 Å². The van der Waals surface area contributed by atoms with E-state index in [4.69, 9.17) is 9.47 Å². The molecule has 0 aliphatic rings. The normalized spacial score (nSPS) is 13.5. The molecule has 4 nitrogen and oxygen atoms in total. The van der Waals surface area contributed by atoms with Crippen molar-refractivity contribution in [3.05, 3.63) is 54.1 Å². The minimum absolute atomic E-state index is 0.184. The fraction of sp³-hybridized carbons (Fsp3) is 0.353. The number of ether oxygens (including phenoxy) is 2. The van der Waals surface area contributed by atoms with Gasteiger partial charge in [-0.2, -0.15) is 0 Å². The van der Waals surface area contributed by atoms with E-state index >= 15 is 0 Å². The Morgan fingerprint density at radius 3 is 2.32 bits per heavy atom. The molecule has 0 spiro atoms. The SMILES string of the molecule is COc1ccc(C(OC)C(C)(C)/C=C/C=C/C(=O)OF)cc1. The predicted octanol–water partition coefficient (Wildman–Crippen LogP) is 3.95. The maximum Gasteiger partial charge on any atom is 0.372 e. The fourth-order valence-electron chi connectivity index (χ4n) is 2.20. The van der Waals surface area contributed by atoms with Crippen molar-refractivity contribution >= 4 is 5.97 Å². The average molecular weight is 308 g/mol. The molecular formula is C17H21FO4. The molecule has 0 radical (unpaired) electrons. The molecule has 5 heteroatoms. The lowest BCUT2D eigenvalue weighted by Gasteiger charge is -2.31. The summed E-state index contributed by atoms with van der Waals surface area (Å²) in [7, 11) is 3.26. The van der Waals surface area contributed by atoms with Crippen LogP contribution in [-0.4, -0.2) is 20.2 Å². The first kappa shape index (κ1) is 17.9. The van der Waals surface area contributed by atoms with Gasteiger partial charge in [-0.15, -0.1) is 0 Å². The van der Waals surface area contributed by atoms with E-state index in [0.29, 0.717) is 0 Å². The molecule has 0 saturated heterocycles. The van der Waals surface area contributed by atoms with Gasteiger partial charge in [0.2, 0.25) is 0 Å². The number of halogens is 1. The minimum Gasteiger partial charge on any atom is -0.497 e. The second-order valence-electron chi connectivity index (χ2n) is 5.32. The van der Waals surface area contributed by atoms with Gasteiger partial charge in [0.1, 0.15) is 5.75 Å². The van der Waals surface area contributed by atoms with Crippen molar-refractivity contribution in [2.24, 2.45) is 5.41 Å². The second kappa shape index (κ2) is 8.34. The molecule has 1 aromatic carbocycles. The number of allylic oxidation sites excluding steroid dienone is 2. The Labute approximate surface area is 130 Å². The number of methoxy groups -OCH3 is 2. The van der Waals surface area contributed by atoms with Crippen molar-refractivity contribution in [3.8, 4) is 5.75 Å². The first-order valence-electron chi connectivity index (χ1n) is 6.79. The summed E-state index contributed by atoms with van der Waals surface area (Å²) in [6, 6.07) is 7.63. The highest BCUT2D eigenvalue weighted by molar-refractivity contribution is 5.81. The zero-order chi connectivity index (χ0) is 16.6. The van der Waals surface area contributed by atoms with Crippen LogP contribution < -0.4 is 4.74 Å². The molecule has 0 aromatic heterocycles. The number of hydrogen-bond donors (Lipinski definition) is 0. The van der Waals surface area contributed by atoms with Gasteiger partial charge in [0.25, 0.3) is 0 Å². The molecule has 0 fully saturated rings. The van der Waals surface area contributed by atoms with Crippen LogP contribution in [0.4, 0.5) is 4.53 Å². The van der Waals surface area contributed by atoms with Gasteiger partial charge in [0.15, 0.2) is 0 Å². The van der Waals surface area contributed by atoms with Gasteiger partial charge in [-0.3, -0.25) is 4.94 Å². The third-order valence-corrected chi connectivity index (χ3v) is 3.28. The molecule has 0 aliphatic carbocycles. The number of benzene rings is 1. The summed E-state index contributed by atoms with van der Waals surface area (Å²) >= 11 is 0. The third kappa shape index (κ3) is 5.00. The van der Waals surface area contributed by atoms with E-state index in [1.807, 2.05) is 44.2 Å². The minimum atomic E-state index is -1.04. The smallest absolute Gasteiger partial charge is 0.372 e. The molecule has 0 aliphatic heterocycles. The largest absolute Gasteiger partial charge is 0.497 e. The maximum absolute atomic E-state index is 11.6. The number of carbonyl (C=O) groups excluding carboxylic acids is 1. The number of rotatable bonds is 7. The number of carbonyl (C=O) groups is 1. The monoisotopic (exact) mass is 308 g/mol. The van der Waals surface area contributed by atoms with Gasteiger partial charge in [-0.25, -0.2) is 4.79 Å². The van der Waals surface area contributed by atoms with E-state index in [2.05, 4.69) is 4.94 Å². The van der Waals surface area contributed by atoms with Gasteiger partial charge < -0.3 is 9.47 Å². The Kier molecular flexibility index (Phi) is 6.79. The highest BCUT2D eigenvalue weighted by Crippen LogP contribution is 2.37. The Morgan fingerprint density at radius 1 is 1.18 bits per heavy atom. The van der Waals surface area contributed by atoms with Crippen LogP contribution in [0, 0.1) is 5.41 Å². The molecule has 22 heavy (non-hydrogen) atoms. The molecule has 0 bridgehead atoms. The van der Waals surface area contributed by atoms with Gasteiger partial charge >= 0.3 is 5.97 Å². The van der Waals surface area contributed by atoms with Crippen LogP contribution in [0.25, 0.3) is 0 Å². The first-order chi connectivity index (χ1) is 10.4. The summed E-state index contributed by atoms with van der Waals surface area (Å²) < 4.78 is 22.3. The van der Waals surface area contributed by atoms with Crippen molar-refractivity contribution < 1.29 is 23.7 Å². The zero-order valence-electron chi connectivity index (χ0n) is 13.2. The highest BCUT2D eigenvalue weighted by atomic mass is 19.3. The van der Waals surface area contributed by atoms with E-state index in [1.165, 1.54) is 6.08 Å². The second-order valence-corrected chi connectivity index (χ2v) is 5.32. The number of hydrogen-bond acceptors (Lipinski definition) is 4. The van der Waals surface area contributed by atoms with Gasteiger partial charge in [0, 0.05) is 23.1 Å². The van der Waals surface area contributed by atoms with E-state index in [1.54, 1.807) is 20.3 Å². The maximum atomic E-state index is 11.6. The van der Waals surface area contributed by atoms with E-state index in [-0.39, 0.29) is 11.5 Å². The Hall–Kier alpha value is -2.14. The predicted molar refractivity (Wildman–Crippen MR) is 82.0 cm³/mol.